The fourth-order valence-corrected chi connectivity index (χ4v) is 2.44. The van der Waals surface area contributed by atoms with E-state index in [1.807, 2.05) is 24.3 Å². The molecule has 0 unspecified atom stereocenters. The van der Waals surface area contributed by atoms with E-state index in [1.165, 1.54) is 11.3 Å². The van der Waals surface area contributed by atoms with E-state index in [-0.39, 0.29) is 4.87 Å². The van der Waals surface area contributed by atoms with Gasteiger partial charge in [0.25, 0.3) is 0 Å². The van der Waals surface area contributed by atoms with Crippen LogP contribution in [0.1, 0.15) is 0 Å². The molecule has 0 aliphatic heterocycles. The quantitative estimate of drug-likeness (QED) is 0.754. The molecule has 68 valence electrons. The zero-order valence-corrected chi connectivity index (χ0v) is 8.65. The van der Waals surface area contributed by atoms with Gasteiger partial charge in [0.1, 0.15) is 0 Å². The summed E-state index contributed by atoms with van der Waals surface area (Å²) >= 11 is 5.42. The molecule has 0 fully saturated rings. The van der Waals surface area contributed by atoms with Crippen LogP contribution in [0, 0.1) is 0 Å². The maximum atomic E-state index is 11.5. The van der Waals surface area contributed by atoms with Crippen molar-refractivity contribution >= 4 is 34.2 Å². The Morgan fingerprint density at radius 1 is 1.38 bits per heavy atom. The molecule has 0 bridgehead atoms. The van der Waals surface area contributed by atoms with Crippen LogP contribution in [0.3, 0.4) is 0 Å². The van der Waals surface area contributed by atoms with Crippen molar-refractivity contribution in [1.29, 1.82) is 0 Å². The predicted octanol–water partition coefficient (Wildman–Crippen LogP) is 1.99. The van der Waals surface area contributed by atoms with E-state index in [0.717, 1.165) is 10.2 Å². The van der Waals surface area contributed by atoms with Crippen LogP contribution < -0.4 is 4.87 Å². The minimum absolute atomic E-state index is 0.107. The summed E-state index contributed by atoms with van der Waals surface area (Å²) in [4.78, 5) is 11.6. The molecule has 0 saturated carbocycles. The Bertz CT molecular complexity index is 472. The van der Waals surface area contributed by atoms with Gasteiger partial charge in [0.15, 0.2) is 0 Å². The van der Waals surface area contributed by atoms with E-state index in [9.17, 15) is 4.79 Å². The lowest BCUT2D eigenvalue weighted by atomic mass is 10.3. The molecule has 2 nitrogen and oxygen atoms in total. The van der Waals surface area contributed by atoms with Crippen LogP contribution in [0.15, 0.2) is 29.1 Å². The lowest BCUT2D eigenvalue weighted by Gasteiger charge is -1.98. The largest absolute Gasteiger partial charge is 0.308 e. The Morgan fingerprint density at radius 2 is 2.15 bits per heavy atom. The highest BCUT2D eigenvalue weighted by Crippen LogP contribution is 2.15. The summed E-state index contributed by atoms with van der Waals surface area (Å²) in [6.07, 6.45) is 0. The van der Waals surface area contributed by atoms with Crippen LogP contribution in [-0.4, -0.2) is 10.3 Å². The number of hydrogen-bond donors (Lipinski definition) is 1. The topological polar surface area (TPSA) is 22.0 Å². The first-order chi connectivity index (χ1) is 6.33. The Balaban J connectivity index is 2.71. The van der Waals surface area contributed by atoms with Crippen molar-refractivity contribution in [3.05, 3.63) is 33.9 Å². The number of thiazole rings is 1. The normalized spacial score (nSPS) is 10.8. The van der Waals surface area contributed by atoms with Gasteiger partial charge in [-0.1, -0.05) is 23.5 Å². The highest BCUT2D eigenvalue weighted by atomic mass is 32.1. The second-order valence-electron chi connectivity index (χ2n) is 2.71. The Hall–Kier alpha value is -0.740. The summed E-state index contributed by atoms with van der Waals surface area (Å²) in [6.45, 7) is 0.686. The molecule has 1 heterocycles. The average molecular weight is 211 g/mol. The Morgan fingerprint density at radius 3 is 2.92 bits per heavy atom. The summed E-state index contributed by atoms with van der Waals surface area (Å²) in [5.41, 5.74) is 1.02. The molecular weight excluding hydrogens is 202 g/mol. The number of para-hydroxylation sites is 1. The summed E-state index contributed by atoms with van der Waals surface area (Å²) in [6, 6.07) is 7.83. The monoisotopic (exact) mass is 211 g/mol. The molecule has 13 heavy (non-hydrogen) atoms. The first kappa shape index (κ1) is 8.84. The lowest BCUT2D eigenvalue weighted by molar-refractivity contribution is 0.789. The van der Waals surface area contributed by atoms with Gasteiger partial charge < -0.3 is 0 Å². The first-order valence-corrected chi connectivity index (χ1v) is 5.47. The Kier molecular flexibility index (Phi) is 2.42. The van der Waals surface area contributed by atoms with E-state index in [4.69, 9.17) is 0 Å². The van der Waals surface area contributed by atoms with Crippen molar-refractivity contribution in [2.75, 3.05) is 5.75 Å². The summed E-state index contributed by atoms with van der Waals surface area (Å²) in [7, 11) is 0. The van der Waals surface area contributed by atoms with Gasteiger partial charge >= 0.3 is 4.87 Å². The maximum absolute atomic E-state index is 11.5. The van der Waals surface area contributed by atoms with E-state index >= 15 is 0 Å². The molecule has 2 rings (SSSR count). The molecule has 0 radical (unpaired) electrons. The van der Waals surface area contributed by atoms with E-state index < -0.39 is 0 Å². The van der Waals surface area contributed by atoms with Gasteiger partial charge in [0.2, 0.25) is 0 Å². The molecule has 0 amide bonds. The van der Waals surface area contributed by atoms with Crippen LogP contribution in [0.5, 0.6) is 0 Å². The van der Waals surface area contributed by atoms with Gasteiger partial charge in [-0.3, -0.25) is 9.36 Å². The standard InChI is InChI=1S/C9H9NOS2/c11-9-10(5-6-12)7-3-1-2-4-8(7)13-9/h1-4,12H,5-6H2. The number of nitrogens with zero attached hydrogens (tertiary/aromatic N) is 1. The Labute approximate surface area is 85.2 Å². The van der Waals surface area contributed by atoms with E-state index in [2.05, 4.69) is 12.6 Å². The van der Waals surface area contributed by atoms with Gasteiger partial charge in [-0.05, 0) is 12.1 Å². The number of fused-ring (bicyclic) bond motifs is 1. The zero-order valence-electron chi connectivity index (χ0n) is 6.93. The zero-order chi connectivity index (χ0) is 9.26. The van der Waals surface area contributed by atoms with Gasteiger partial charge in [-0.15, -0.1) is 0 Å². The molecule has 0 saturated heterocycles. The maximum Gasteiger partial charge on any atom is 0.308 e. The third-order valence-corrected chi connectivity index (χ3v) is 3.06. The molecule has 1 aromatic heterocycles. The van der Waals surface area contributed by atoms with E-state index in [1.54, 1.807) is 4.57 Å². The van der Waals surface area contributed by atoms with Crippen molar-refractivity contribution < 1.29 is 0 Å². The second kappa shape index (κ2) is 3.55. The molecule has 0 aliphatic rings. The fraction of sp³-hybridized carbons (Fsp3) is 0.222. The molecule has 0 aliphatic carbocycles. The summed E-state index contributed by atoms with van der Waals surface area (Å²) < 4.78 is 2.82. The number of hydrogen-bond acceptors (Lipinski definition) is 3. The van der Waals surface area contributed by atoms with Crippen molar-refractivity contribution in [3.8, 4) is 0 Å². The highest BCUT2D eigenvalue weighted by molar-refractivity contribution is 7.80. The van der Waals surface area contributed by atoms with Crippen LogP contribution in [-0.2, 0) is 6.54 Å². The minimum atomic E-state index is 0.107. The third kappa shape index (κ3) is 1.51. The van der Waals surface area contributed by atoms with Crippen molar-refractivity contribution in [2.24, 2.45) is 0 Å². The van der Waals surface area contributed by atoms with Crippen molar-refractivity contribution in [3.63, 3.8) is 0 Å². The molecular formula is C9H9NOS2. The van der Waals surface area contributed by atoms with Crippen molar-refractivity contribution in [1.82, 2.24) is 4.57 Å². The molecule has 2 aromatic rings. The van der Waals surface area contributed by atoms with Crippen LogP contribution in [0.2, 0.25) is 0 Å². The third-order valence-electron chi connectivity index (χ3n) is 1.90. The average Bonchev–Trinajstić information content (AvgIpc) is 2.44. The number of rotatable bonds is 2. The highest BCUT2D eigenvalue weighted by Gasteiger charge is 2.04. The smallest absolute Gasteiger partial charge is 0.298 e. The van der Waals surface area contributed by atoms with Gasteiger partial charge in [0, 0.05) is 12.3 Å². The number of benzene rings is 1. The van der Waals surface area contributed by atoms with E-state index in [0.29, 0.717) is 12.3 Å². The molecule has 4 heteroatoms. The molecule has 0 spiro atoms. The first-order valence-electron chi connectivity index (χ1n) is 4.02. The molecule has 1 aromatic carbocycles. The van der Waals surface area contributed by atoms with Crippen LogP contribution in [0.25, 0.3) is 10.2 Å². The lowest BCUT2D eigenvalue weighted by Crippen LogP contribution is -2.13. The van der Waals surface area contributed by atoms with Gasteiger partial charge in [0.05, 0.1) is 10.2 Å². The molecule has 0 N–H and O–H groups in total. The number of aryl methyl sites for hydroxylation is 1. The van der Waals surface area contributed by atoms with Crippen LogP contribution >= 0.6 is 24.0 Å². The second-order valence-corrected chi connectivity index (χ2v) is 4.15. The van der Waals surface area contributed by atoms with Gasteiger partial charge in [-0.25, -0.2) is 0 Å². The number of aromatic nitrogens is 1. The summed E-state index contributed by atoms with van der Waals surface area (Å²) in [5, 5.41) is 0. The summed E-state index contributed by atoms with van der Waals surface area (Å²) in [5.74, 6) is 0.695. The number of thiol groups is 1. The van der Waals surface area contributed by atoms with Crippen LogP contribution in [0.4, 0.5) is 0 Å². The SMILES string of the molecule is O=c1sc2ccccc2n1CCS. The fourth-order valence-electron chi connectivity index (χ4n) is 1.33. The van der Waals surface area contributed by atoms with Gasteiger partial charge in [-0.2, -0.15) is 12.6 Å². The minimum Gasteiger partial charge on any atom is -0.298 e. The van der Waals surface area contributed by atoms with Crippen molar-refractivity contribution in [2.45, 2.75) is 6.54 Å². The predicted molar refractivity (Wildman–Crippen MR) is 59.9 cm³/mol. The molecule has 0 atom stereocenters.